The molecule has 0 aromatic heterocycles. The molecule has 8 heteroatoms. The van der Waals surface area contributed by atoms with Gasteiger partial charge in [-0.2, -0.15) is 5.53 Å². The van der Waals surface area contributed by atoms with Gasteiger partial charge in [0.15, 0.2) is 0 Å². The van der Waals surface area contributed by atoms with E-state index in [4.69, 9.17) is 33.4 Å². The molecule has 1 unspecified atom stereocenters. The Balaban J connectivity index is 4.68. The van der Waals surface area contributed by atoms with Gasteiger partial charge in [-0.25, -0.2) is 15.8 Å². The predicted molar refractivity (Wildman–Crippen MR) is 68.4 cm³/mol. The van der Waals surface area contributed by atoms with E-state index in [0.717, 1.165) is 5.12 Å². The molecule has 18 heavy (non-hydrogen) atoms. The standard InChI is InChI=1S/C10H16ClN5O2/c1-2-3-4-5-8(11)6-9(18-10(12)17)7-16(14)15-13/h2-6,9,13H,7,14H2,1H3,(H2,12,17)/b3-2-,5-4-,8-6-,15-13?. The molecule has 0 fully saturated rings. The first-order valence-electron chi connectivity index (χ1n) is 5.02. The number of nitrogens with two attached hydrogens (primary N) is 2. The topological polar surface area (TPSA) is 118 Å². The van der Waals surface area contributed by atoms with Crippen LogP contribution >= 0.6 is 11.6 Å². The molecule has 0 aliphatic heterocycles. The number of carbonyl (C=O) groups excluding carboxylic acids is 1. The first kappa shape index (κ1) is 16.1. The van der Waals surface area contributed by atoms with Crippen LogP contribution in [0.2, 0.25) is 0 Å². The molecule has 1 amide bonds. The van der Waals surface area contributed by atoms with Crippen LogP contribution in [0.25, 0.3) is 0 Å². The first-order valence-corrected chi connectivity index (χ1v) is 5.39. The molecule has 0 aliphatic carbocycles. The van der Waals surface area contributed by atoms with Crippen LogP contribution in [0.5, 0.6) is 0 Å². The number of hydrazine groups is 1. The molecule has 1 atom stereocenters. The van der Waals surface area contributed by atoms with Gasteiger partial charge in [-0.15, -0.1) is 0 Å². The number of nitrogens with one attached hydrogen (secondary N) is 1. The second-order valence-corrected chi connectivity index (χ2v) is 3.57. The number of hydrogen-bond donors (Lipinski definition) is 3. The lowest BCUT2D eigenvalue weighted by Crippen LogP contribution is -2.36. The van der Waals surface area contributed by atoms with Gasteiger partial charge in [-0.3, -0.25) is 0 Å². The van der Waals surface area contributed by atoms with Crippen LogP contribution in [0.4, 0.5) is 4.79 Å². The van der Waals surface area contributed by atoms with Gasteiger partial charge in [0.05, 0.1) is 6.54 Å². The van der Waals surface area contributed by atoms with Gasteiger partial charge in [0.1, 0.15) is 6.10 Å². The molecule has 100 valence electrons. The predicted octanol–water partition coefficient (Wildman–Crippen LogP) is 1.83. The van der Waals surface area contributed by atoms with Crippen LogP contribution in [-0.4, -0.2) is 23.9 Å². The fourth-order valence-corrected chi connectivity index (χ4v) is 1.20. The van der Waals surface area contributed by atoms with Gasteiger partial charge in [0.2, 0.25) is 0 Å². The van der Waals surface area contributed by atoms with Crippen molar-refractivity contribution in [2.45, 2.75) is 13.0 Å². The van der Waals surface area contributed by atoms with E-state index in [-0.39, 0.29) is 6.54 Å². The molecule has 0 radical (unpaired) electrons. The Morgan fingerprint density at radius 3 is 2.78 bits per heavy atom. The number of primary amides is 1. The fraction of sp³-hybridized carbons (Fsp3) is 0.300. The smallest absolute Gasteiger partial charge is 0.405 e. The highest BCUT2D eigenvalue weighted by molar-refractivity contribution is 6.31. The van der Waals surface area contributed by atoms with E-state index in [1.807, 2.05) is 13.0 Å². The Kier molecular flexibility index (Phi) is 8.25. The third kappa shape index (κ3) is 8.31. The molecule has 0 saturated carbocycles. The summed E-state index contributed by atoms with van der Waals surface area (Å²) in [7, 11) is 0. The summed E-state index contributed by atoms with van der Waals surface area (Å²) >= 11 is 5.89. The zero-order valence-electron chi connectivity index (χ0n) is 9.91. The number of nitrogens with zero attached hydrogens (tertiary/aromatic N) is 2. The second kappa shape index (κ2) is 9.20. The van der Waals surface area contributed by atoms with Crippen molar-refractivity contribution in [3.63, 3.8) is 0 Å². The fourth-order valence-electron chi connectivity index (χ4n) is 0.990. The third-order valence-electron chi connectivity index (χ3n) is 1.67. The number of hydrogen-bond acceptors (Lipinski definition) is 5. The summed E-state index contributed by atoms with van der Waals surface area (Å²) in [5.74, 6) is 5.29. The summed E-state index contributed by atoms with van der Waals surface area (Å²) in [6.07, 6.45) is 6.64. The van der Waals surface area contributed by atoms with Gasteiger partial charge in [-0.05, 0) is 19.1 Å². The normalized spacial score (nSPS) is 13.8. The molecule has 0 bridgehead atoms. The Bertz CT molecular complexity index is 367. The molecule has 7 nitrogen and oxygen atoms in total. The van der Waals surface area contributed by atoms with Crippen molar-refractivity contribution in [2.75, 3.05) is 6.54 Å². The summed E-state index contributed by atoms with van der Waals surface area (Å²) in [6, 6.07) is 0. The average Bonchev–Trinajstić information content (AvgIpc) is 2.28. The SMILES string of the molecule is C\C=C/C=C\C(Cl)=C\C(CN(N)N=N)OC(N)=O. The van der Waals surface area contributed by atoms with E-state index in [0.29, 0.717) is 5.03 Å². The third-order valence-corrected chi connectivity index (χ3v) is 1.92. The minimum atomic E-state index is -0.962. The summed E-state index contributed by atoms with van der Waals surface area (Å²) in [5, 5.41) is 4.09. The van der Waals surface area contributed by atoms with E-state index < -0.39 is 12.2 Å². The Labute approximate surface area is 110 Å². The quantitative estimate of drug-likeness (QED) is 0.284. The first-order chi connectivity index (χ1) is 8.49. The lowest BCUT2D eigenvalue weighted by Gasteiger charge is -2.17. The maximum Gasteiger partial charge on any atom is 0.405 e. The number of ether oxygens (including phenoxy) is 1. The monoisotopic (exact) mass is 273 g/mol. The largest absolute Gasteiger partial charge is 0.440 e. The van der Waals surface area contributed by atoms with Crippen LogP contribution in [0.15, 0.2) is 40.6 Å². The lowest BCUT2D eigenvalue weighted by molar-refractivity contribution is 0.0981. The highest BCUT2D eigenvalue weighted by Gasteiger charge is 2.12. The Morgan fingerprint density at radius 1 is 1.61 bits per heavy atom. The van der Waals surface area contributed by atoms with Crippen LogP contribution in [0.1, 0.15) is 6.92 Å². The molecule has 5 N–H and O–H groups in total. The highest BCUT2D eigenvalue weighted by Crippen LogP contribution is 2.08. The van der Waals surface area contributed by atoms with Crippen molar-refractivity contribution in [3.05, 3.63) is 35.4 Å². The highest BCUT2D eigenvalue weighted by atomic mass is 35.5. The molecule has 0 aliphatic rings. The minimum absolute atomic E-state index is 0.0277. The number of rotatable bonds is 7. The van der Waals surface area contributed by atoms with E-state index in [1.165, 1.54) is 6.08 Å². The van der Waals surface area contributed by atoms with Gasteiger partial charge >= 0.3 is 6.09 Å². The second-order valence-electron chi connectivity index (χ2n) is 3.13. The summed E-state index contributed by atoms with van der Waals surface area (Å²) < 4.78 is 4.76. The maximum atomic E-state index is 10.7. The van der Waals surface area contributed by atoms with Crippen molar-refractivity contribution in [2.24, 2.45) is 16.8 Å². The van der Waals surface area contributed by atoms with Crippen LogP contribution in [-0.2, 0) is 4.74 Å². The summed E-state index contributed by atoms with van der Waals surface area (Å²) in [5.41, 5.74) is 11.6. The molecule has 0 rings (SSSR count). The number of amides is 1. The van der Waals surface area contributed by atoms with E-state index in [2.05, 4.69) is 5.22 Å². The molecule has 0 aromatic carbocycles. The number of halogens is 1. The van der Waals surface area contributed by atoms with Gasteiger partial charge in [-0.1, -0.05) is 35.1 Å². The van der Waals surface area contributed by atoms with Crippen molar-refractivity contribution in [1.29, 1.82) is 5.53 Å². The van der Waals surface area contributed by atoms with Gasteiger partial charge in [0.25, 0.3) is 0 Å². The van der Waals surface area contributed by atoms with Gasteiger partial charge in [0, 0.05) is 5.03 Å². The Morgan fingerprint density at radius 2 is 2.28 bits per heavy atom. The van der Waals surface area contributed by atoms with E-state index in [9.17, 15) is 4.79 Å². The Hall–Kier alpha value is -1.86. The van der Waals surface area contributed by atoms with E-state index >= 15 is 0 Å². The summed E-state index contributed by atoms with van der Waals surface area (Å²) in [4.78, 5) is 10.7. The van der Waals surface area contributed by atoms with Crippen molar-refractivity contribution >= 4 is 17.7 Å². The van der Waals surface area contributed by atoms with Crippen molar-refractivity contribution < 1.29 is 9.53 Å². The summed E-state index contributed by atoms with van der Waals surface area (Å²) in [6.45, 7) is 1.84. The molecule has 0 aromatic rings. The van der Waals surface area contributed by atoms with Crippen LogP contribution in [0.3, 0.4) is 0 Å². The van der Waals surface area contributed by atoms with Crippen LogP contribution in [0, 0.1) is 5.53 Å². The molecule has 0 spiro atoms. The molecule has 0 heterocycles. The number of carbonyl (C=O) groups is 1. The maximum absolute atomic E-state index is 10.7. The zero-order chi connectivity index (χ0) is 14.0. The van der Waals surface area contributed by atoms with Crippen molar-refractivity contribution in [1.82, 2.24) is 5.12 Å². The minimum Gasteiger partial charge on any atom is -0.440 e. The molecular weight excluding hydrogens is 258 g/mol. The molecular formula is C10H16ClN5O2. The number of allylic oxidation sites excluding steroid dienone is 5. The van der Waals surface area contributed by atoms with Crippen molar-refractivity contribution in [3.8, 4) is 0 Å². The van der Waals surface area contributed by atoms with E-state index in [1.54, 1.807) is 18.2 Å². The van der Waals surface area contributed by atoms with Gasteiger partial charge < -0.3 is 10.5 Å². The van der Waals surface area contributed by atoms with Crippen LogP contribution < -0.4 is 11.6 Å². The lowest BCUT2D eigenvalue weighted by atomic mass is 10.3. The average molecular weight is 274 g/mol. The zero-order valence-corrected chi connectivity index (χ0v) is 10.7. The molecule has 0 saturated heterocycles.